The summed E-state index contributed by atoms with van der Waals surface area (Å²) in [5.74, 6) is 0.223. The highest BCUT2D eigenvalue weighted by Gasteiger charge is 2.27. The molecule has 0 radical (unpaired) electrons. The van der Waals surface area contributed by atoms with Crippen LogP contribution in [0.25, 0.3) is 0 Å². The second-order valence-electron chi connectivity index (χ2n) is 6.79. The Kier molecular flexibility index (Phi) is 6.88. The Morgan fingerprint density at radius 1 is 1.19 bits per heavy atom. The molecule has 1 aromatic carbocycles. The lowest BCUT2D eigenvalue weighted by Crippen LogP contribution is -2.44. The molecular weight excluding hydrogens is 346 g/mol. The number of carbonyl (C=O) groups is 1. The van der Waals surface area contributed by atoms with E-state index in [9.17, 15) is 9.90 Å². The lowest BCUT2D eigenvalue weighted by atomic mass is 9.83. The van der Waals surface area contributed by atoms with Crippen LogP contribution >= 0.6 is 11.9 Å². The van der Waals surface area contributed by atoms with E-state index in [1.807, 2.05) is 30.3 Å². The van der Waals surface area contributed by atoms with Gasteiger partial charge in [0.25, 0.3) is 0 Å². The first-order valence-electron chi connectivity index (χ1n) is 9.19. The van der Waals surface area contributed by atoms with E-state index in [-0.39, 0.29) is 17.5 Å². The number of ketones is 1. The molecule has 0 spiro atoms. The minimum Gasteiger partial charge on any atom is -0.511 e. The van der Waals surface area contributed by atoms with Crippen LogP contribution in [0.4, 0.5) is 0 Å². The molecule has 3 rings (SSSR count). The second-order valence-corrected chi connectivity index (χ2v) is 7.67. The number of rotatable bonds is 6. The Balaban J connectivity index is 1.51. The van der Waals surface area contributed by atoms with Gasteiger partial charge in [0, 0.05) is 51.8 Å². The molecule has 1 heterocycles. The predicted molar refractivity (Wildman–Crippen MR) is 108 cm³/mol. The highest BCUT2D eigenvalue weighted by molar-refractivity contribution is 7.96. The van der Waals surface area contributed by atoms with Crippen molar-refractivity contribution >= 4 is 23.9 Å². The summed E-state index contributed by atoms with van der Waals surface area (Å²) in [6.07, 6.45) is 4.64. The first kappa shape index (κ1) is 19.1. The Bertz CT molecular complexity index is 667. The summed E-state index contributed by atoms with van der Waals surface area (Å²) < 4.78 is 2.37. The number of nitrogens with zero attached hydrogens (tertiary/aromatic N) is 3. The number of hydrogen-bond acceptors (Lipinski definition) is 6. The van der Waals surface area contributed by atoms with Crippen molar-refractivity contribution in [2.24, 2.45) is 4.99 Å². The fourth-order valence-electron chi connectivity index (χ4n) is 3.51. The third-order valence-electron chi connectivity index (χ3n) is 5.11. The van der Waals surface area contributed by atoms with Crippen molar-refractivity contribution in [3.8, 4) is 0 Å². The zero-order valence-corrected chi connectivity index (χ0v) is 16.1. The van der Waals surface area contributed by atoms with Gasteiger partial charge in [0.1, 0.15) is 5.76 Å². The molecule has 26 heavy (non-hydrogen) atoms. The van der Waals surface area contributed by atoms with E-state index in [1.54, 1.807) is 18.2 Å². The molecule has 0 aromatic heterocycles. The van der Waals surface area contributed by atoms with Gasteiger partial charge < -0.3 is 5.11 Å². The molecule has 5 nitrogen and oxygen atoms in total. The summed E-state index contributed by atoms with van der Waals surface area (Å²) in [6, 6.07) is 9.93. The monoisotopic (exact) mass is 373 g/mol. The van der Waals surface area contributed by atoms with Crippen LogP contribution in [0.5, 0.6) is 0 Å². The van der Waals surface area contributed by atoms with Crippen molar-refractivity contribution < 1.29 is 9.90 Å². The van der Waals surface area contributed by atoms with Crippen LogP contribution in [-0.2, 0) is 4.79 Å². The van der Waals surface area contributed by atoms with Crippen LogP contribution in [-0.4, -0.2) is 71.8 Å². The van der Waals surface area contributed by atoms with Gasteiger partial charge in [-0.3, -0.25) is 14.7 Å². The molecule has 140 valence electrons. The third kappa shape index (κ3) is 4.96. The Hall–Kier alpha value is -1.63. The number of aliphatic hydroxyl groups is 1. The zero-order valence-electron chi connectivity index (χ0n) is 15.3. The molecule has 1 atom stereocenters. The summed E-state index contributed by atoms with van der Waals surface area (Å²) in [5.41, 5.74) is 1.50. The van der Waals surface area contributed by atoms with Gasteiger partial charge in [-0.1, -0.05) is 42.3 Å². The van der Waals surface area contributed by atoms with E-state index in [2.05, 4.69) is 20.5 Å². The molecule has 1 unspecified atom stereocenters. The molecule has 1 N–H and O–H groups in total. The second kappa shape index (κ2) is 9.35. The summed E-state index contributed by atoms with van der Waals surface area (Å²) in [7, 11) is 0. The fraction of sp³-hybridized carbons (Fsp3) is 0.500. The van der Waals surface area contributed by atoms with E-state index in [4.69, 9.17) is 0 Å². The molecular formula is C20H27N3O2S. The zero-order chi connectivity index (χ0) is 18.4. The van der Waals surface area contributed by atoms with Crippen LogP contribution in [0.2, 0.25) is 0 Å². The number of aliphatic hydroxyl groups excluding tert-OH is 1. The van der Waals surface area contributed by atoms with Crippen LogP contribution in [0.1, 0.15) is 24.3 Å². The number of carbonyl (C=O) groups excluding carboxylic acids is 1. The Morgan fingerprint density at radius 3 is 2.58 bits per heavy atom. The number of benzene rings is 1. The molecule has 0 saturated carbocycles. The standard InChI is InChI=1S/C20H27N3O2S/c1-26-23-11-9-22(10-12-23)8-7-21-15-18-19(24)13-17(14-20(18)25)16-5-3-2-4-6-16/h2-6,15,17,24H,7-14H2,1H3. The van der Waals surface area contributed by atoms with Gasteiger partial charge in [-0.05, 0) is 17.7 Å². The number of piperazine rings is 1. The SMILES string of the molecule is CSN1CCN(CCN=CC2=C(O)CC(c3ccccc3)CC2=O)CC1. The molecule has 1 aromatic rings. The normalized spacial score (nSPS) is 23.1. The predicted octanol–water partition coefficient (Wildman–Crippen LogP) is 2.91. The molecule has 6 heteroatoms. The number of aliphatic imine (C=N–C) groups is 1. The summed E-state index contributed by atoms with van der Waals surface area (Å²) >= 11 is 1.80. The van der Waals surface area contributed by atoms with Gasteiger partial charge in [-0.25, -0.2) is 4.31 Å². The molecule has 1 fully saturated rings. The van der Waals surface area contributed by atoms with Crippen LogP contribution < -0.4 is 0 Å². The third-order valence-corrected chi connectivity index (χ3v) is 5.99. The van der Waals surface area contributed by atoms with Crippen LogP contribution in [0, 0.1) is 0 Å². The maximum Gasteiger partial charge on any atom is 0.168 e. The molecule has 2 aliphatic rings. The lowest BCUT2D eigenvalue weighted by Gasteiger charge is -2.32. The fourth-order valence-corrected chi connectivity index (χ4v) is 4.04. The molecule has 1 aliphatic heterocycles. The topological polar surface area (TPSA) is 56.1 Å². The van der Waals surface area contributed by atoms with Crippen molar-refractivity contribution in [3.63, 3.8) is 0 Å². The van der Waals surface area contributed by atoms with Crippen LogP contribution in [0.15, 0.2) is 46.7 Å². The number of hydrogen-bond donors (Lipinski definition) is 1. The van der Waals surface area contributed by atoms with Crippen molar-refractivity contribution in [2.45, 2.75) is 18.8 Å². The smallest absolute Gasteiger partial charge is 0.168 e. The van der Waals surface area contributed by atoms with Crippen LogP contribution in [0.3, 0.4) is 0 Å². The van der Waals surface area contributed by atoms with Gasteiger partial charge in [0.05, 0.1) is 12.1 Å². The Labute approximate surface area is 159 Å². The summed E-state index contributed by atoms with van der Waals surface area (Å²) in [4.78, 5) is 19.2. The first-order valence-corrected chi connectivity index (χ1v) is 10.4. The summed E-state index contributed by atoms with van der Waals surface area (Å²) in [5, 5.41) is 10.3. The minimum atomic E-state index is -0.0139. The largest absolute Gasteiger partial charge is 0.511 e. The van der Waals surface area contributed by atoms with Crippen molar-refractivity contribution in [1.82, 2.24) is 9.21 Å². The first-order chi connectivity index (χ1) is 12.7. The van der Waals surface area contributed by atoms with Crippen molar-refractivity contribution in [1.29, 1.82) is 0 Å². The van der Waals surface area contributed by atoms with Gasteiger partial charge in [-0.2, -0.15) is 0 Å². The average Bonchev–Trinajstić information content (AvgIpc) is 2.68. The average molecular weight is 374 g/mol. The van der Waals surface area contributed by atoms with E-state index < -0.39 is 0 Å². The minimum absolute atomic E-state index is 0.0139. The molecule has 0 amide bonds. The highest BCUT2D eigenvalue weighted by Crippen LogP contribution is 2.32. The van der Waals surface area contributed by atoms with Crippen molar-refractivity contribution in [3.05, 3.63) is 47.2 Å². The lowest BCUT2D eigenvalue weighted by molar-refractivity contribution is -0.116. The van der Waals surface area contributed by atoms with E-state index >= 15 is 0 Å². The molecule has 0 bridgehead atoms. The highest BCUT2D eigenvalue weighted by atomic mass is 32.2. The summed E-state index contributed by atoms with van der Waals surface area (Å²) in [6.45, 7) is 5.83. The maximum absolute atomic E-state index is 12.4. The van der Waals surface area contributed by atoms with E-state index in [1.165, 1.54) is 0 Å². The van der Waals surface area contributed by atoms with E-state index in [0.29, 0.717) is 25.0 Å². The van der Waals surface area contributed by atoms with Gasteiger partial charge in [-0.15, -0.1) is 0 Å². The number of Topliss-reactive ketones (excluding diaryl/α,β-unsaturated/α-hetero) is 1. The quantitative estimate of drug-likeness (QED) is 0.614. The van der Waals surface area contributed by atoms with Gasteiger partial charge in [0.2, 0.25) is 0 Å². The number of allylic oxidation sites excluding steroid dienone is 2. The van der Waals surface area contributed by atoms with E-state index in [0.717, 1.165) is 38.3 Å². The van der Waals surface area contributed by atoms with Crippen molar-refractivity contribution in [2.75, 3.05) is 45.5 Å². The maximum atomic E-state index is 12.4. The molecule has 1 saturated heterocycles. The molecule has 1 aliphatic carbocycles. The Morgan fingerprint density at radius 2 is 1.92 bits per heavy atom. The van der Waals surface area contributed by atoms with Gasteiger partial charge >= 0.3 is 0 Å². The van der Waals surface area contributed by atoms with Gasteiger partial charge in [0.15, 0.2) is 5.78 Å².